The van der Waals surface area contributed by atoms with Crippen molar-refractivity contribution in [2.24, 2.45) is 0 Å². The van der Waals surface area contributed by atoms with E-state index in [-0.39, 0.29) is 6.10 Å². The molecule has 2 aromatic rings. The molecule has 1 aromatic heterocycles. The van der Waals surface area contributed by atoms with E-state index in [2.05, 4.69) is 15.2 Å². The van der Waals surface area contributed by atoms with E-state index in [1.807, 2.05) is 38.1 Å². The van der Waals surface area contributed by atoms with Crippen LogP contribution in [0.2, 0.25) is 0 Å². The smallest absolute Gasteiger partial charge is 0.145 e. The number of ether oxygens (including phenoxy) is 1. The molecule has 3 rings (SSSR count). The van der Waals surface area contributed by atoms with Crippen LogP contribution in [0.15, 0.2) is 30.5 Å². The molecule has 1 fully saturated rings. The maximum atomic E-state index is 10.7. The molecular weight excluding hydrogens is 290 g/mol. The molecule has 5 heteroatoms. The topological polar surface area (TPSA) is 57.6 Å². The van der Waals surface area contributed by atoms with Crippen molar-refractivity contribution in [3.8, 4) is 5.75 Å². The molecule has 1 atom stereocenters. The monoisotopic (exact) mass is 315 g/mol. The quantitative estimate of drug-likeness (QED) is 0.883. The molecule has 5 nitrogen and oxygen atoms in total. The number of nitrogens with zero attached hydrogens (tertiary/aromatic N) is 2. The third-order valence-electron chi connectivity index (χ3n) is 4.13. The Bertz CT molecular complexity index is 654. The fourth-order valence-corrected chi connectivity index (χ4v) is 3.05. The summed E-state index contributed by atoms with van der Waals surface area (Å²) < 4.78 is 5.85. The lowest BCUT2D eigenvalue weighted by Gasteiger charge is -2.29. The number of fused-ring (bicyclic) bond motifs is 1. The van der Waals surface area contributed by atoms with Crippen molar-refractivity contribution in [3.63, 3.8) is 0 Å². The molecule has 1 saturated heterocycles. The molecule has 0 radical (unpaired) electrons. The Kier molecular flexibility index (Phi) is 5.10. The number of aliphatic hydroxyl groups is 1. The first-order valence-corrected chi connectivity index (χ1v) is 8.30. The summed E-state index contributed by atoms with van der Waals surface area (Å²) in [4.78, 5) is 6.76. The zero-order valence-electron chi connectivity index (χ0n) is 13.8. The molecular formula is C18H25N3O2. The molecule has 2 heterocycles. The van der Waals surface area contributed by atoms with E-state index in [9.17, 15) is 5.11 Å². The summed E-state index contributed by atoms with van der Waals surface area (Å²) in [6, 6.07) is 7.80. The third-order valence-corrected chi connectivity index (χ3v) is 4.13. The minimum Gasteiger partial charge on any atom is -0.489 e. The van der Waals surface area contributed by atoms with Crippen LogP contribution in [-0.4, -0.2) is 53.8 Å². The summed E-state index contributed by atoms with van der Waals surface area (Å²) in [6.45, 7) is 8.57. The van der Waals surface area contributed by atoms with Gasteiger partial charge in [0.05, 0.1) is 12.2 Å². The number of benzene rings is 1. The average Bonchev–Trinajstić information content (AvgIpc) is 2.55. The molecule has 0 spiro atoms. The van der Waals surface area contributed by atoms with Crippen LogP contribution < -0.4 is 10.1 Å². The van der Waals surface area contributed by atoms with Gasteiger partial charge < -0.3 is 15.2 Å². The van der Waals surface area contributed by atoms with Gasteiger partial charge in [0.15, 0.2) is 0 Å². The van der Waals surface area contributed by atoms with Crippen LogP contribution in [0.3, 0.4) is 0 Å². The Balaban J connectivity index is 1.88. The lowest BCUT2D eigenvalue weighted by Crippen LogP contribution is -2.44. The summed E-state index contributed by atoms with van der Waals surface area (Å²) in [5.74, 6) is 0.772. The van der Waals surface area contributed by atoms with Crippen molar-refractivity contribution in [2.75, 3.05) is 32.7 Å². The van der Waals surface area contributed by atoms with Gasteiger partial charge in [-0.05, 0) is 31.5 Å². The maximum absolute atomic E-state index is 10.7. The van der Waals surface area contributed by atoms with Crippen LogP contribution in [0.4, 0.5) is 0 Å². The molecule has 0 bridgehead atoms. The van der Waals surface area contributed by atoms with E-state index < -0.39 is 6.10 Å². The SMILES string of the molecule is CC(C)Oc1ccc(C(O)CN2CCNCC2)c2cccnc12. The number of aliphatic hydroxyl groups excluding tert-OH is 1. The van der Waals surface area contributed by atoms with Crippen molar-refractivity contribution < 1.29 is 9.84 Å². The largest absolute Gasteiger partial charge is 0.489 e. The Morgan fingerprint density at radius 1 is 1.26 bits per heavy atom. The fourth-order valence-electron chi connectivity index (χ4n) is 3.05. The minimum atomic E-state index is -0.520. The zero-order valence-corrected chi connectivity index (χ0v) is 13.8. The van der Waals surface area contributed by atoms with Crippen LogP contribution in [0.25, 0.3) is 10.9 Å². The van der Waals surface area contributed by atoms with E-state index in [0.29, 0.717) is 6.54 Å². The minimum absolute atomic E-state index is 0.0943. The Labute approximate surface area is 137 Å². The van der Waals surface area contributed by atoms with E-state index in [1.165, 1.54) is 0 Å². The Hall–Kier alpha value is -1.69. The van der Waals surface area contributed by atoms with Gasteiger partial charge in [-0.15, -0.1) is 0 Å². The number of aromatic nitrogens is 1. The summed E-state index contributed by atoms with van der Waals surface area (Å²) in [5.41, 5.74) is 1.74. The number of piperazine rings is 1. The van der Waals surface area contributed by atoms with Crippen molar-refractivity contribution in [2.45, 2.75) is 26.1 Å². The van der Waals surface area contributed by atoms with Crippen molar-refractivity contribution >= 4 is 10.9 Å². The molecule has 1 aromatic carbocycles. The van der Waals surface area contributed by atoms with Crippen LogP contribution in [0.5, 0.6) is 5.75 Å². The normalized spacial score (nSPS) is 17.6. The molecule has 1 unspecified atom stereocenters. The summed E-state index contributed by atoms with van der Waals surface area (Å²) in [6.07, 6.45) is 1.34. The molecule has 0 amide bonds. The number of rotatable bonds is 5. The molecule has 124 valence electrons. The molecule has 2 N–H and O–H groups in total. The first kappa shape index (κ1) is 16.2. The molecule has 1 aliphatic heterocycles. The molecule has 1 aliphatic rings. The highest BCUT2D eigenvalue weighted by atomic mass is 16.5. The Morgan fingerprint density at radius 2 is 2.04 bits per heavy atom. The lowest BCUT2D eigenvalue weighted by molar-refractivity contribution is 0.106. The second kappa shape index (κ2) is 7.25. The highest BCUT2D eigenvalue weighted by molar-refractivity contribution is 5.87. The average molecular weight is 315 g/mol. The highest BCUT2D eigenvalue weighted by Crippen LogP contribution is 2.31. The summed E-state index contributed by atoms with van der Waals surface area (Å²) >= 11 is 0. The second-order valence-electron chi connectivity index (χ2n) is 6.29. The van der Waals surface area contributed by atoms with Crippen LogP contribution in [-0.2, 0) is 0 Å². The number of hydrogen-bond donors (Lipinski definition) is 2. The second-order valence-corrected chi connectivity index (χ2v) is 6.29. The van der Waals surface area contributed by atoms with Crippen molar-refractivity contribution in [1.82, 2.24) is 15.2 Å². The summed E-state index contributed by atoms with van der Waals surface area (Å²) in [5, 5.41) is 15.0. The van der Waals surface area contributed by atoms with Gasteiger partial charge in [0.1, 0.15) is 11.3 Å². The highest BCUT2D eigenvalue weighted by Gasteiger charge is 2.19. The van der Waals surface area contributed by atoms with Gasteiger partial charge in [-0.2, -0.15) is 0 Å². The van der Waals surface area contributed by atoms with Crippen molar-refractivity contribution in [3.05, 3.63) is 36.0 Å². The van der Waals surface area contributed by atoms with E-state index in [0.717, 1.165) is 48.4 Å². The first-order valence-electron chi connectivity index (χ1n) is 8.30. The number of pyridine rings is 1. The van der Waals surface area contributed by atoms with Gasteiger partial charge in [0, 0.05) is 44.3 Å². The van der Waals surface area contributed by atoms with Gasteiger partial charge in [0.25, 0.3) is 0 Å². The predicted molar refractivity (Wildman–Crippen MR) is 91.8 cm³/mol. The lowest BCUT2D eigenvalue weighted by atomic mass is 10.0. The molecule has 0 aliphatic carbocycles. The Morgan fingerprint density at radius 3 is 2.78 bits per heavy atom. The van der Waals surface area contributed by atoms with Crippen LogP contribution in [0, 0.1) is 0 Å². The summed E-state index contributed by atoms with van der Waals surface area (Å²) in [7, 11) is 0. The molecule has 23 heavy (non-hydrogen) atoms. The predicted octanol–water partition coefficient (Wildman–Crippen LogP) is 1.96. The fraction of sp³-hybridized carbons (Fsp3) is 0.500. The number of hydrogen-bond acceptors (Lipinski definition) is 5. The van der Waals surface area contributed by atoms with E-state index in [4.69, 9.17) is 4.74 Å². The van der Waals surface area contributed by atoms with Gasteiger partial charge in [0.2, 0.25) is 0 Å². The van der Waals surface area contributed by atoms with Crippen LogP contribution >= 0.6 is 0 Å². The van der Waals surface area contributed by atoms with Gasteiger partial charge in [-0.1, -0.05) is 12.1 Å². The standard InChI is InChI=1S/C18H25N3O2/c1-13(2)23-17-6-5-14(15-4-3-7-20-18(15)17)16(22)12-21-10-8-19-9-11-21/h3-7,13,16,19,22H,8-12H2,1-2H3. The molecule has 0 saturated carbocycles. The van der Waals surface area contributed by atoms with E-state index >= 15 is 0 Å². The van der Waals surface area contributed by atoms with Gasteiger partial charge in [-0.25, -0.2) is 0 Å². The van der Waals surface area contributed by atoms with Crippen molar-refractivity contribution in [1.29, 1.82) is 0 Å². The number of β-amino-alcohol motifs (C(OH)–C–C–N with tert-alkyl or cyclic N) is 1. The van der Waals surface area contributed by atoms with Gasteiger partial charge >= 0.3 is 0 Å². The van der Waals surface area contributed by atoms with E-state index in [1.54, 1.807) is 6.20 Å². The zero-order chi connectivity index (χ0) is 16.2. The van der Waals surface area contributed by atoms with Gasteiger partial charge in [-0.3, -0.25) is 9.88 Å². The number of nitrogens with one attached hydrogen (secondary N) is 1. The third kappa shape index (κ3) is 3.80. The van der Waals surface area contributed by atoms with Crippen LogP contribution in [0.1, 0.15) is 25.5 Å². The maximum Gasteiger partial charge on any atom is 0.145 e. The first-order chi connectivity index (χ1) is 11.1.